The average molecular weight is 501 g/mol. The molecule has 6 rings (SSSR count). The van der Waals surface area contributed by atoms with Gasteiger partial charge in [0.25, 0.3) is 5.91 Å². The van der Waals surface area contributed by atoms with E-state index in [1.54, 1.807) is 6.33 Å². The molecule has 0 atom stereocenters. The van der Waals surface area contributed by atoms with Gasteiger partial charge in [-0.3, -0.25) is 9.69 Å². The molecule has 0 bridgehead atoms. The fraction of sp³-hybridized carbons (Fsp3) is 0.567. The topological polar surface area (TPSA) is 66.3 Å². The summed E-state index contributed by atoms with van der Waals surface area (Å²) in [5.41, 5.74) is 5.27. The number of nitrogens with one attached hydrogen (secondary N) is 1. The van der Waals surface area contributed by atoms with E-state index in [1.807, 2.05) is 0 Å². The SMILES string of the molecule is O=C(NCC1CCCCC1)c1c2n(c3c(N4CCN(CCc5ccccc5)CC4)ncnc13)CCCC2. The van der Waals surface area contributed by atoms with Gasteiger partial charge in [0.1, 0.15) is 17.4 Å². The minimum Gasteiger partial charge on any atom is -0.352 e. The molecule has 7 nitrogen and oxygen atoms in total. The predicted octanol–water partition coefficient (Wildman–Crippen LogP) is 4.44. The van der Waals surface area contributed by atoms with Gasteiger partial charge in [-0.05, 0) is 50.0 Å². The highest BCUT2D eigenvalue weighted by molar-refractivity contribution is 6.09. The van der Waals surface area contributed by atoms with Gasteiger partial charge in [0.2, 0.25) is 0 Å². The van der Waals surface area contributed by atoms with Gasteiger partial charge in [-0.15, -0.1) is 0 Å². The largest absolute Gasteiger partial charge is 0.352 e. The second-order valence-corrected chi connectivity index (χ2v) is 11.1. The molecule has 2 aliphatic heterocycles. The standard InChI is InChI=1S/C30H40N6O/c37-30(31-21-24-11-5-2-6-12-24)26-25-13-7-8-15-36(25)28-27(26)32-22-33-29(28)35-19-17-34(18-20-35)16-14-23-9-3-1-4-10-23/h1,3-4,9-10,22,24H,2,5-8,11-21H2,(H,31,37). The zero-order valence-corrected chi connectivity index (χ0v) is 22.0. The summed E-state index contributed by atoms with van der Waals surface area (Å²) in [4.78, 5) is 28.0. The van der Waals surface area contributed by atoms with Crippen molar-refractivity contribution >= 4 is 22.8 Å². The minimum atomic E-state index is 0.0570. The molecule has 1 amide bonds. The van der Waals surface area contributed by atoms with E-state index in [9.17, 15) is 4.79 Å². The maximum Gasteiger partial charge on any atom is 0.255 e. The molecule has 0 spiro atoms. The minimum absolute atomic E-state index is 0.0570. The number of amides is 1. The molecule has 37 heavy (non-hydrogen) atoms. The number of piperazine rings is 1. The highest BCUT2D eigenvalue weighted by Crippen LogP contribution is 2.34. The highest BCUT2D eigenvalue weighted by Gasteiger charge is 2.30. The maximum absolute atomic E-state index is 13.5. The van der Waals surface area contributed by atoms with Crippen molar-refractivity contribution in [3.05, 3.63) is 53.5 Å². The first-order chi connectivity index (χ1) is 18.3. The number of carbonyl (C=O) groups excluding carboxylic acids is 1. The monoisotopic (exact) mass is 500 g/mol. The van der Waals surface area contributed by atoms with Gasteiger partial charge >= 0.3 is 0 Å². The number of aryl methyl sites for hydroxylation is 1. The van der Waals surface area contributed by atoms with Crippen LogP contribution in [0, 0.1) is 5.92 Å². The second kappa shape index (κ2) is 11.2. The van der Waals surface area contributed by atoms with Crippen LogP contribution in [0.1, 0.15) is 66.6 Å². The first-order valence-corrected chi connectivity index (χ1v) is 14.4. The van der Waals surface area contributed by atoms with Crippen molar-refractivity contribution in [3.63, 3.8) is 0 Å². The third-order valence-electron chi connectivity index (χ3n) is 8.70. The van der Waals surface area contributed by atoms with Gasteiger partial charge in [0.15, 0.2) is 5.82 Å². The van der Waals surface area contributed by atoms with Crippen molar-refractivity contribution in [1.82, 2.24) is 24.8 Å². The van der Waals surface area contributed by atoms with E-state index in [-0.39, 0.29) is 5.91 Å². The Bertz CT molecular complexity index is 1210. The Hall–Kier alpha value is -2.93. The number of hydrogen-bond donors (Lipinski definition) is 1. The fourth-order valence-electron chi connectivity index (χ4n) is 6.58. The van der Waals surface area contributed by atoms with Gasteiger partial charge in [-0.25, -0.2) is 9.97 Å². The molecule has 2 aromatic heterocycles. The lowest BCUT2D eigenvalue weighted by atomic mass is 9.89. The van der Waals surface area contributed by atoms with E-state index >= 15 is 0 Å². The van der Waals surface area contributed by atoms with Crippen molar-refractivity contribution in [2.45, 2.75) is 64.3 Å². The van der Waals surface area contributed by atoms with Crippen LogP contribution >= 0.6 is 0 Å². The molecule has 1 aliphatic carbocycles. The third kappa shape index (κ3) is 5.24. The van der Waals surface area contributed by atoms with Crippen LogP contribution < -0.4 is 10.2 Å². The Balaban J connectivity index is 1.20. The Labute approximate surface area is 220 Å². The van der Waals surface area contributed by atoms with E-state index in [0.29, 0.717) is 5.92 Å². The smallest absolute Gasteiger partial charge is 0.255 e. The molecule has 1 saturated heterocycles. The van der Waals surface area contributed by atoms with Gasteiger partial charge < -0.3 is 14.8 Å². The van der Waals surface area contributed by atoms with Crippen LogP contribution in [0.15, 0.2) is 36.7 Å². The zero-order valence-electron chi connectivity index (χ0n) is 22.0. The van der Waals surface area contributed by atoms with E-state index in [0.717, 1.165) is 99.6 Å². The lowest BCUT2D eigenvalue weighted by Gasteiger charge is -2.35. The lowest BCUT2D eigenvalue weighted by molar-refractivity contribution is 0.0943. The van der Waals surface area contributed by atoms with Crippen LogP contribution in [0.4, 0.5) is 5.82 Å². The van der Waals surface area contributed by atoms with Gasteiger partial charge in [0, 0.05) is 51.5 Å². The summed E-state index contributed by atoms with van der Waals surface area (Å²) in [7, 11) is 0. The van der Waals surface area contributed by atoms with Crippen LogP contribution in [0.5, 0.6) is 0 Å². The number of hydrogen-bond acceptors (Lipinski definition) is 5. The van der Waals surface area contributed by atoms with Crippen LogP contribution in [-0.4, -0.2) is 64.6 Å². The Morgan fingerprint density at radius 1 is 0.919 bits per heavy atom. The van der Waals surface area contributed by atoms with E-state index in [1.165, 1.54) is 37.7 Å². The van der Waals surface area contributed by atoms with Crippen molar-refractivity contribution in [1.29, 1.82) is 0 Å². The van der Waals surface area contributed by atoms with Crippen molar-refractivity contribution in [2.75, 3.05) is 44.2 Å². The fourth-order valence-corrected chi connectivity index (χ4v) is 6.58. The number of benzene rings is 1. The number of aromatic nitrogens is 3. The molecule has 1 saturated carbocycles. The summed E-state index contributed by atoms with van der Waals surface area (Å²) >= 11 is 0. The summed E-state index contributed by atoms with van der Waals surface area (Å²) in [6, 6.07) is 10.8. The summed E-state index contributed by atoms with van der Waals surface area (Å²) < 4.78 is 2.37. The molecule has 196 valence electrons. The molecule has 1 aromatic carbocycles. The number of anilines is 1. The Kier molecular flexibility index (Phi) is 7.40. The molecule has 2 fully saturated rings. The molecular weight excluding hydrogens is 460 g/mol. The average Bonchev–Trinajstić information content (AvgIpc) is 3.31. The van der Waals surface area contributed by atoms with Crippen molar-refractivity contribution < 1.29 is 4.79 Å². The Morgan fingerprint density at radius 2 is 1.73 bits per heavy atom. The lowest BCUT2D eigenvalue weighted by Crippen LogP contribution is -2.47. The molecule has 3 aromatic rings. The molecule has 7 heteroatoms. The van der Waals surface area contributed by atoms with Gasteiger partial charge in [0.05, 0.1) is 5.56 Å². The van der Waals surface area contributed by atoms with Gasteiger partial charge in [-0.1, -0.05) is 49.6 Å². The molecular formula is C30H40N6O. The highest BCUT2D eigenvalue weighted by atomic mass is 16.1. The van der Waals surface area contributed by atoms with Crippen LogP contribution in [0.3, 0.4) is 0 Å². The Morgan fingerprint density at radius 3 is 2.54 bits per heavy atom. The number of carbonyl (C=O) groups is 1. The third-order valence-corrected chi connectivity index (χ3v) is 8.70. The first kappa shape index (κ1) is 24.4. The van der Waals surface area contributed by atoms with Crippen molar-refractivity contribution in [2.24, 2.45) is 5.92 Å². The predicted molar refractivity (Wildman–Crippen MR) is 148 cm³/mol. The van der Waals surface area contributed by atoms with Crippen LogP contribution in [0.25, 0.3) is 11.0 Å². The van der Waals surface area contributed by atoms with E-state index in [2.05, 4.69) is 50.0 Å². The molecule has 1 N–H and O–H groups in total. The van der Waals surface area contributed by atoms with Crippen molar-refractivity contribution in [3.8, 4) is 0 Å². The first-order valence-electron chi connectivity index (χ1n) is 14.4. The summed E-state index contributed by atoms with van der Waals surface area (Å²) in [5.74, 6) is 1.68. The maximum atomic E-state index is 13.5. The van der Waals surface area contributed by atoms with E-state index < -0.39 is 0 Å². The number of rotatable bonds is 7. The molecule has 3 aliphatic rings. The second-order valence-electron chi connectivity index (χ2n) is 11.1. The molecule has 0 unspecified atom stereocenters. The summed E-state index contributed by atoms with van der Waals surface area (Å²) in [6.45, 7) is 6.77. The number of nitrogens with zero attached hydrogens (tertiary/aromatic N) is 5. The van der Waals surface area contributed by atoms with Crippen LogP contribution in [-0.2, 0) is 19.4 Å². The van der Waals surface area contributed by atoms with E-state index in [4.69, 9.17) is 9.97 Å². The summed E-state index contributed by atoms with van der Waals surface area (Å²) in [5, 5.41) is 3.30. The quantitative estimate of drug-likeness (QED) is 0.520. The molecule has 4 heterocycles. The summed E-state index contributed by atoms with van der Waals surface area (Å²) in [6.07, 6.45) is 12.4. The number of fused-ring (bicyclic) bond motifs is 3. The van der Waals surface area contributed by atoms with Crippen LogP contribution in [0.2, 0.25) is 0 Å². The normalized spacial score (nSPS) is 19.2. The van der Waals surface area contributed by atoms with Gasteiger partial charge in [-0.2, -0.15) is 0 Å². The molecule has 0 radical (unpaired) electrons. The zero-order chi connectivity index (χ0) is 25.0.